The van der Waals surface area contributed by atoms with Crippen LogP contribution in [0.4, 0.5) is 0 Å². The molecule has 1 aromatic rings. The molecule has 0 radical (unpaired) electrons. The SMILES string of the molecule is CCOc1cc(OCC)c(C(=O)CCC(=O)OCCOC(=O)C=CC(=O)O)cc1OCC. The minimum Gasteiger partial charge on any atom is -0.493 e. The number of ether oxygens (including phenoxy) is 5. The molecule has 10 nitrogen and oxygen atoms in total. The number of hydrogen-bond acceptors (Lipinski definition) is 9. The first-order valence-corrected chi connectivity index (χ1v) is 10.1. The second-order valence-corrected chi connectivity index (χ2v) is 6.08. The average molecular weight is 452 g/mol. The van der Waals surface area contributed by atoms with Crippen LogP contribution in [0.25, 0.3) is 0 Å². The lowest BCUT2D eigenvalue weighted by Crippen LogP contribution is -2.14. The number of carboxylic acids is 1. The van der Waals surface area contributed by atoms with Gasteiger partial charge in [0.15, 0.2) is 17.3 Å². The fraction of sp³-hybridized carbons (Fsp3) is 0.455. The molecule has 0 bridgehead atoms. The smallest absolute Gasteiger partial charge is 0.331 e. The second-order valence-electron chi connectivity index (χ2n) is 6.08. The van der Waals surface area contributed by atoms with Crippen LogP contribution in [0, 0.1) is 0 Å². The van der Waals surface area contributed by atoms with Gasteiger partial charge in [0.25, 0.3) is 0 Å². The molecule has 176 valence electrons. The van der Waals surface area contributed by atoms with E-state index in [1.807, 2.05) is 13.8 Å². The third-order valence-electron chi connectivity index (χ3n) is 3.75. The summed E-state index contributed by atoms with van der Waals surface area (Å²) in [6.07, 6.45) is 1.06. The molecular weight excluding hydrogens is 424 g/mol. The van der Waals surface area contributed by atoms with Gasteiger partial charge in [0, 0.05) is 24.6 Å². The van der Waals surface area contributed by atoms with Crippen molar-refractivity contribution in [2.24, 2.45) is 0 Å². The summed E-state index contributed by atoms with van der Waals surface area (Å²) in [7, 11) is 0. The highest BCUT2D eigenvalue weighted by Gasteiger charge is 2.19. The van der Waals surface area contributed by atoms with Crippen LogP contribution in [-0.2, 0) is 23.9 Å². The Bertz CT molecular complexity index is 828. The molecule has 10 heteroatoms. The Balaban J connectivity index is 2.65. The third kappa shape index (κ3) is 9.50. The summed E-state index contributed by atoms with van der Waals surface area (Å²) in [5, 5.41) is 8.41. The van der Waals surface area contributed by atoms with E-state index in [1.165, 1.54) is 6.07 Å². The van der Waals surface area contributed by atoms with Crippen molar-refractivity contribution in [2.45, 2.75) is 33.6 Å². The molecule has 1 aromatic carbocycles. The van der Waals surface area contributed by atoms with Gasteiger partial charge in [-0.2, -0.15) is 0 Å². The van der Waals surface area contributed by atoms with E-state index in [4.69, 9.17) is 24.1 Å². The van der Waals surface area contributed by atoms with Gasteiger partial charge in [-0.15, -0.1) is 0 Å². The first-order valence-electron chi connectivity index (χ1n) is 10.1. The van der Waals surface area contributed by atoms with Gasteiger partial charge < -0.3 is 28.8 Å². The molecule has 0 atom stereocenters. The van der Waals surface area contributed by atoms with Crippen molar-refractivity contribution >= 4 is 23.7 Å². The maximum Gasteiger partial charge on any atom is 0.331 e. The van der Waals surface area contributed by atoms with Gasteiger partial charge in [0.05, 0.1) is 31.8 Å². The van der Waals surface area contributed by atoms with Crippen molar-refractivity contribution in [3.05, 3.63) is 29.8 Å². The predicted octanol–water partition coefficient (Wildman–Crippen LogP) is 2.57. The molecule has 0 heterocycles. The molecule has 0 aromatic heterocycles. The summed E-state index contributed by atoms with van der Waals surface area (Å²) < 4.78 is 26.2. The van der Waals surface area contributed by atoms with E-state index < -0.39 is 17.9 Å². The number of esters is 2. The van der Waals surface area contributed by atoms with Crippen molar-refractivity contribution in [3.8, 4) is 17.2 Å². The zero-order valence-electron chi connectivity index (χ0n) is 18.4. The van der Waals surface area contributed by atoms with Crippen molar-refractivity contribution in [1.82, 2.24) is 0 Å². The van der Waals surface area contributed by atoms with Crippen LogP contribution in [0.1, 0.15) is 44.0 Å². The van der Waals surface area contributed by atoms with Crippen molar-refractivity contribution < 1.29 is 48.0 Å². The molecule has 32 heavy (non-hydrogen) atoms. The van der Waals surface area contributed by atoms with Gasteiger partial charge in [-0.3, -0.25) is 9.59 Å². The number of aliphatic carboxylic acids is 1. The number of carbonyl (C=O) groups is 4. The van der Waals surface area contributed by atoms with E-state index in [-0.39, 0.29) is 37.4 Å². The first-order chi connectivity index (χ1) is 15.3. The number of Topliss-reactive ketones (excluding diaryl/α,β-unsaturated/α-hetero) is 1. The molecule has 0 spiro atoms. The van der Waals surface area contributed by atoms with Crippen LogP contribution >= 0.6 is 0 Å². The molecule has 0 amide bonds. The van der Waals surface area contributed by atoms with Crippen molar-refractivity contribution in [1.29, 1.82) is 0 Å². The largest absolute Gasteiger partial charge is 0.493 e. The summed E-state index contributed by atoms with van der Waals surface area (Å²) in [4.78, 5) is 46.1. The Hall–Kier alpha value is -3.56. The topological polar surface area (TPSA) is 135 Å². The van der Waals surface area contributed by atoms with E-state index in [0.717, 1.165) is 6.08 Å². The minimum absolute atomic E-state index is 0.125. The summed E-state index contributed by atoms with van der Waals surface area (Å²) in [5.74, 6) is -1.94. The molecular formula is C22H28O10. The highest BCUT2D eigenvalue weighted by atomic mass is 16.6. The average Bonchev–Trinajstić information content (AvgIpc) is 2.75. The van der Waals surface area contributed by atoms with Gasteiger partial charge in [-0.25, -0.2) is 9.59 Å². The number of benzene rings is 1. The standard InChI is InChI=1S/C22H28O10/c1-4-28-17-14-19(30-6-3)18(29-5-2)13-15(17)16(23)7-9-21(26)31-11-12-32-22(27)10-8-20(24)25/h8,10,13-14H,4-7,9,11-12H2,1-3H3,(H,24,25). The zero-order chi connectivity index (χ0) is 23.9. The highest BCUT2D eigenvalue weighted by Crippen LogP contribution is 2.36. The Morgan fingerprint density at radius 2 is 1.34 bits per heavy atom. The van der Waals surface area contributed by atoms with Crippen LogP contribution in [0.15, 0.2) is 24.3 Å². The monoisotopic (exact) mass is 452 g/mol. The van der Waals surface area contributed by atoms with E-state index in [2.05, 4.69) is 4.74 Å². The lowest BCUT2D eigenvalue weighted by molar-refractivity contribution is -0.149. The van der Waals surface area contributed by atoms with Gasteiger partial charge >= 0.3 is 17.9 Å². The van der Waals surface area contributed by atoms with E-state index in [9.17, 15) is 19.2 Å². The number of hydrogen-bond donors (Lipinski definition) is 1. The first kappa shape index (κ1) is 26.5. The molecule has 0 aliphatic carbocycles. The van der Waals surface area contributed by atoms with Crippen molar-refractivity contribution in [3.63, 3.8) is 0 Å². The molecule has 1 N–H and O–H groups in total. The van der Waals surface area contributed by atoms with Crippen LogP contribution in [0.5, 0.6) is 17.2 Å². The van der Waals surface area contributed by atoms with E-state index in [1.54, 1.807) is 13.0 Å². The second kappa shape index (κ2) is 14.4. The van der Waals surface area contributed by atoms with Crippen molar-refractivity contribution in [2.75, 3.05) is 33.0 Å². The normalized spacial score (nSPS) is 10.5. The van der Waals surface area contributed by atoms with Crippen LogP contribution in [0.3, 0.4) is 0 Å². The van der Waals surface area contributed by atoms with Gasteiger partial charge in [-0.05, 0) is 26.8 Å². The third-order valence-corrected chi connectivity index (χ3v) is 3.75. The molecule has 0 aliphatic rings. The molecule has 1 rings (SSSR count). The maximum atomic E-state index is 12.7. The number of carboxylic acid groups (broad SMARTS) is 1. The Morgan fingerprint density at radius 3 is 1.94 bits per heavy atom. The van der Waals surface area contributed by atoms with E-state index in [0.29, 0.717) is 43.1 Å². The van der Waals surface area contributed by atoms with Gasteiger partial charge in [0.1, 0.15) is 19.0 Å². The van der Waals surface area contributed by atoms with Crippen LogP contribution in [0.2, 0.25) is 0 Å². The lowest BCUT2D eigenvalue weighted by Gasteiger charge is -2.16. The fourth-order valence-corrected chi connectivity index (χ4v) is 2.48. The summed E-state index contributed by atoms with van der Waals surface area (Å²) in [5.41, 5.74) is 0.269. The zero-order valence-corrected chi connectivity index (χ0v) is 18.4. The number of carbonyl (C=O) groups excluding carboxylic acids is 3. The maximum absolute atomic E-state index is 12.7. The van der Waals surface area contributed by atoms with Crippen LogP contribution in [-0.4, -0.2) is 61.8 Å². The Morgan fingerprint density at radius 1 is 0.781 bits per heavy atom. The molecule has 0 fully saturated rings. The quantitative estimate of drug-likeness (QED) is 0.183. The predicted molar refractivity (Wildman–Crippen MR) is 112 cm³/mol. The van der Waals surface area contributed by atoms with E-state index >= 15 is 0 Å². The lowest BCUT2D eigenvalue weighted by atomic mass is 10.0. The fourth-order valence-electron chi connectivity index (χ4n) is 2.48. The molecule has 0 saturated carbocycles. The minimum atomic E-state index is -1.29. The van der Waals surface area contributed by atoms with Gasteiger partial charge in [-0.1, -0.05) is 0 Å². The Labute approximate surface area is 186 Å². The molecule has 0 aliphatic heterocycles. The Kier molecular flexibility index (Phi) is 12.0. The van der Waals surface area contributed by atoms with Crippen LogP contribution < -0.4 is 14.2 Å². The highest BCUT2D eigenvalue weighted by molar-refractivity contribution is 6.00. The molecule has 0 saturated heterocycles. The summed E-state index contributed by atoms with van der Waals surface area (Å²) in [6.45, 7) is 6.09. The molecule has 0 unspecified atom stereocenters. The summed E-state index contributed by atoms with van der Waals surface area (Å²) in [6, 6.07) is 3.13. The van der Waals surface area contributed by atoms with Gasteiger partial charge in [0.2, 0.25) is 0 Å². The number of ketones is 1. The summed E-state index contributed by atoms with van der Waals surface area (Å²) >= 11 is 0. The number of rotatable bonds is 15.